The predicted molar refractivity (Wildman–Crippen MR) is 74.6 cm³/mol. The van der Waals surface area contributed by atoms with Crippen LogP contribution in [0.25, 0.3) is 0 Å². The summed E-state index contributed by atoms with van der Waals surface area (Å²) in [5.41, 5.74) is 0. The lowest BCUT2D eigenvalue weighted by Gasteiger charge is -2.31. The van der Waals surface area contributed by atoms with Crippen LogP contribution in [0.3, 0.4) is 0 Å². The van der Waals surface area contributed by atoms with E-state index in [1.807, 2.05) is 0 Å². The van der Waals surface area contributed by atoms with Crippen molar-refractivity contribution >= 4 is 27.6 Å². The van der Waals surface area contributed by atoms with Crippen LogP contribution in [-0.2, 0) is 19.6 Å². The van der Waals surface area contributed by atoms with Crippen molar-refractivity contribution < 1.29 is 17.9 Å². The summed E-state index contributed by atoms with van der Waals surface area (Å²) in [6.45, 7) is 4.59. The Morgan fingerprint density at radius 3 is 2.79 bits per heavy atom. The molecule has 0 amide bonds. The molecule has 0 aromatic heterocycles. The largest absolute Gasteiger partial charge is 0.466 e. The molecule has 112 valence electrons. The van der Waals surface area contributed by atoms with E-state index in [4.69, 9.17) is 16.3 Å². The maximum atomic E-state index is 12.2. The van der Waals surface area contributed by atoms with E-state index in [0.717, 1.165) is 0 Å². The molecule has 2 unspecified atom stereocenters. The Balaban J connectivity index is 2.66. The quantitative estimate of drug-likeness (QED) is 0.550. The number of carbonyl (C=O) groups excluding carboxylic acids is 1. The van der Waals surface area contributed by atoms with Crippen LogP contribution in [0, 0.1) is 11.8 Å². The first-order chi connectivity index (χ1) is 8.90. The fourth-order valence-corrected chi connectivity index (χ4v) is 4.26. The molecule has 0 aromatic carbocycles. The van der Waals surface area contributed by atoms with Crippen LogP contribution in [0.2, 0.25) is 0 Å². The number of carbonyl (C=O) groups is 1. The topological polar surface area (TPSA) is 63.7 Å². The van der Waals surface area contributed by atoms with Gasteiger partial charge in [-0.15, -0.1) is 11.6 Å². The van der Waals surface area contributed by atoms with E-state index in [9.17, 15) is 13.2 Å². The van der Waals surface area contributed by atoms with Gasteiger partial charge in [-0.2, -0.15) is 0 Å². The van der Waals surface area contributed by atoms with Gasteiger partial charge < -0.3 is 4.74 Å². The van der Waals surface area contributed by atoms with Crippen molar-refractivity contribution in [3.63, 3.8) is 0 Å². The number of halogens is 1. The van der Waals surface area contributed by atoms with E-state index in [1.54, 1.807) is 13.8 Å². The first kappa shape index (κ1) is 16.7. The zero-order chi connectivity index (χ0) is 14.5. The molecule has 1 aliphatic rings. The summed E-state index contributed by atoms with van der Waals surface area (Å²) in [5.74, 6) is -0.377. The van der Waals surface area contributed by atoms with Gasteiger partial charge in [0.15, 0.2) is 0 Å². The normalized spacial score (nSPS) is 23.0. The highest BCUT2D eigenvalue weighted by atomic mass is 35.5. The fraction of sp³-hybridized carbons (Fsp3) is 0.917. The highest BCUT2D eigenvalue weighted by Crippen LogP contribution is 2.21. The molecule has 0 bridgehead atoms. The first-order valence-electron chi connectivity index (χ1n) is 6.61. The number of hydrogen-bond acceptors (Lipinski definition) is 4. The number of alkyl halides is 1. The van der Waals surface area contributed by atoms with Crippen LogP contribution < -0.4 is 0 Å². The number of rotatable bonds is 6. The molecular formula is C12H22ClNO4S. The van der Waals surface area contributed by atoms with Gasteiger partial charge in [-0.25, -0.2) is 12.7 Å². The molecule has 2 atom stereocenters. The fourth-order valence-electron chi connectivity index (χ4n) is 2.16. The SMILES string of the molecule is CCOC(=O)C1CCCN(S(=O)(=O)CC(C)CCl)C1. The summed E-state index contributed by atoms with van der Waals surface area (Å²) in [4.78, 5) is 11.7. The Morgan fingerprint density at radius 2 is 2.21 bits per heavy atom. The van der Waals surface area contributed by atoms with E-state index in [2.05, 4.69) is 0 Å². The second kappa shape index (κ2) is 7.45. The van der Waals surface area contributed by atoms with E-state index in [1.165, 1.54) is 4.31 Å². The molecule has 7 heteroatoms. The van der Waals surface area contributed by atoms with Gasteiger partial charge in [-0.1, -0.05) is 6.92 Å². The smallest absolute Gasteiger partial charge is 0.310 e. The zero-order valence-corrected chi connectivity index (χ0v) is 13.0. The van der Waals surface area contributed by atoms with E-state index in [0.29, 0.717) is 31.9 Å². The third-order valence-corrected chi connectivity index (χ3v) is 5.79. The standard InChI is InChI=1S/C12H22ClNO4S/c1-3-18-12(15)11-5-4-6-14(8-11)19(16,17)9-10(2)7-13/h10-11H,3-9H2,1-2H3. The lowest BCUT2D eigenvalue weighted by atomic mass is 10.0. The minimum Gasteiger partial charge on any atom is -0.466 e. The van der Waals surface area contributed by atoms with Crippen molar-refractivity contribution in [2.45, 2.75) is 26.7 Å². The molecule has 1 rings (SSSR count). The van der Waals surface area contributed by atoms with E-state index >= 15 is 0 Å². The molecule has 0 saturated carbocycles. The molecule has 0 aromatic rings. The molecule has 19 heavy (non-hydrogen) atoms. The van der Waals surface area contributed by atoms with Crippen molar-refractivity contribution in [3.05, 3.63) is 0 Å². The van der Waals surface area contributed by atoms with Gasteiger partial charge in [0.25, 0.3) is 0 Å². The van der Waals surface area contributed by atoms with Gasteiger partial charge in [0.05, 0.1) is 18.3 Å². The molecule has 0 radical (unpaired) electrons. The van der Waals surface area contributed by atoms with Crippen molar-refractivity contribution in [1.82, 2.24) is 4.31 Å². The Bertz CT molecular complexity index is 399. The second-order valence-electron chi connectivity index (χ2n) is 4.99. The van der Waals surface area contributed by atoms with Gasteiger partial charge in [0, 0.05) is 19.0 Å². The minimum atomic E-state index is -3.33. The van der Waals surface area contributed by atoms with Crippen LogP contribution in [0.1, 0.15) is 26.7 Å². The maximum absolute atomic E-state index is 12.2. The molecule has 1 aliphatic heterocycles. The van der Waals surface area contributed by atoms with E-state index in [-0.39, 0.29) is 30.1 Å². The van der Waals surface area contributed by atoms with Gasteiger partial charge in [0.1, 0.15) is 0 Å². The van der Waals surface area contributed by atoms with Crippen molar-refractivity contribution in [2.24, 2.45) is 11.8 Å². The number of ether oxygens (including phenoxy) is 1. The Hall–Kier alpha value is -0.330. The Kier molecular flexibility index (Phi) is 6.56. The van der Waals surface area contributed by atoms with Crippen LogP contribution in [0.15, 0.2) is 0 Å². The average molecular weight is 312 g/mol. The predicted octanol–water partition coefficient (Wildman–Crippen LogP) is 1.47. The van der Waals surface area contributed by atoms with E-state index < -0.39 is 10.0 Å². The molecule has 0 aliphatic carbocycles. The van der Waals surface area contributed by atoms with Gasteiger partial charge in [-0.05, 0) is 25.7 Å². The maximum Gasteiger partial charge on any atom is 0.310 e. The van der Waals surface area contributed by atoms with Crippen LogP contribution in [0.5, 0.6) is 0 Å². The zero-order valence-electron chi connectivity index (χ0n) is 11.5. The summed E-state index contributed by atoms with van der Waals surface area (Å²) in [5, 5.41) is 0. The summed E-state index contributed by atoms with van der Waals surface area (Å²) in [7, 11) is -3.33. The second-order valence-corrected chi connectivity index (χ2v) is 7.31. The summed E-state index contributed by atoms with van der Waals surface area (Å²) in [6.07, 6.45) is 1.38. The summed E-state index contributed by atoms with van der Waals surface area (Å²) in [6, 6.07) is 0. The molecule has 1 fully saturated rings. The summed E-state index contributed by atoms with van der Waals surface area (Å²) < 4.78 is 30.8. The van der Waals surface area contributed by atoms with Gasteiger partial charge in [-0.3, -0.25) is 4.79 Å². The Labute approximate surface area is 120 Å². The number of nitrogens with zero attached hydrogens (tertiary/aromatic N) is 1. The molecule has 0 spiro atoms. The minimum absolute atomic E-state index is 0.0338. The van der Waals surface area contributed by atoms with Crippen LogP contribution >= 0.6 is 11.6 Å². The third-order valence-electron chi connectivity index (χ3n) is 3.16. The third kappa shape index (κ3) is 4.93. The summed E-state index contributed by atoms with van der Waals surface area (Å²) >= 11 is 5.66. The average Bonchev–Trinajstić information content (AvgIpc) is 2.38. The van der Waals surface area contributed by atoms with Gasteiger partial charge in [0.2, 0.25) is 10.0 Å². The molecule has 1 saturated heterocycles. The number of hydrogen-bond donors (Lipinski definition) is 0. The molecule has 5 nitrogen and oxygen atoms in total. The van der Waals surface area contributed by atoms with Crippen molar-refractivity contribution in [2.75, 3.05) is 31.3 Å². The van der Waals surface area contributed by atoms with Crippen molar-refractivity contribution in [1.29, 1.82) is 0 Å². The first-order valence-corrected chi connectivity index (χ1v) is 8.75. The van der Waals surface area contributed by atoms with Crippen LogP contribution in [-0.4, -0.2) is 50.0 Å². The number of sulfonamides is 1. The van der Waals surface area contributed by atoms with Gasteiger partial charge >= 0.3 is 5.97 Å². The Morgan fingerprint density at radius 1 is 1.53 bits per heavy atom. The molecular weight excluding hydrogens is 290 g/mol. The number of piperidine rings is 1. The monoisotopic (exact) mass is 311 g/mol. The number of esters is 1. The highest BCUT2D eigenvalue weighted by molar-refractivity contribution is 7.89. The highest BCUT2D eigenvalue weighted by Gasteiger charge is 2.33. The lowest BCUT2D eigenvalue weighted by Crippen LogP contribution is -2.44. The molecule has 0 N–H and O–H groups in total. The lowest BCUT2D eigenvalue weighted by molar-refractivity contribution is -0.149. The van der Waals surface area contributed by atoms with Crippen molar-refractivity contribution in [3.8, 4) is 0 Å². The van der Waals surface area contributed by atoms with Crippen LogP contribution in [0.4, 0.5) is 0 Å². The molecule has 1 heterocycles.